The van der Waals surface area contributed by atoms with Crippen molar-refractivity contribution < 1.29 is 89.4 Å². The second kappa shape index (κ2) is 15.1. The molecular weight excluding hydrogens is 705 g/mol. The Morgan fingerprint density at radius 2 is 1.58 bits per heavy atom. The summed E-state index contributed by atoms with van der Waals surface area (Å²) in [5.41, 5.74) is 0. The minimum atomic E-state index is -2.99. The van der Waals surface area contributed by atoms with E-state index in [4.69, 9.17) is 23.7 Å². The summed E-state index contributed by atoms with van der Waals surface area (Å²) < 4.78 is 26.6. The van der Waals surface area contributed by atoms with Gasteiger partial charge in [0.05, 0.1) is 32.0 Å². The predicted octanol–water partition coefficient (Wildman–Crippen LogP) is -6.78. The van der Waals surface area contributed by atoms with Gasteiger partial charge in [-0.2, -0.15) is 0 Å². The molecule has 20 heteroatoms. The van der Waals surface area contributed by atoms with Gasteiger partial charge in [-0.1, -0.05) is 0 Å². The van der Waals surface area contributed by atoms with E-state index < -0.39 is 134 Å². The number of carboxylic acids is 1. The molecule has 3 rings (SSSR count). The molecule has 3 aliphatic rings. The van der Waals surface area contributed by atoms with Gasteiger partial charge in [-0.05, 0) is 22.6 Å². The molecule has 0 aromatic carbocycles. The number of carbonyl (C=O) groups excluding carboxylic acids is 1. The van der Waals surface area contributed by atoms with Crippen LogP contribution in [0.3, 0.4) is 0 Å². The van der Waals surface area contributed by atoms with Gasteiger partial charge in [-0.15, -0.1) is 0 Å². The van der Waals surface area contributed by atoms with E-state index in [1.807, 2.05) is 0 Å². The first-order chi connectivity index (χ1) is 20.1. The van der Waals surface area contributed by atoms with Crippen LogP contribution in [0.1, 0.15) is 13.3 Å². The third kappa shape index (κ3) is 7.73. The summed E-state index contributed by atoms with van der Waals surface area (Å²) >= 11 is 1.67. The standard InChI is InChI=1S/C23H38INO18/c1-6(29)25-11-7(30)2-23(22(37)38,42-18(11)12(32)8(31)3-26)43-19-13(33)9(4-27)40-21(16(19)36)41-17-10(5-28)39-20(24)15(35)14(17)34/h7-21,26-28,30-36H,2-5H2,1H3,(H,25,29)(H,37,38)/t7?,8-,9?,10?,11?,12-,13+,14?,15?,16?,17-,18-,19?,20-,21+,23?/m0/s1. The number of aliphatic hydroxyl groups is 10. The summed E-state index contributed by atoms with van der Waals surface area (Å²) in [6, 6.07) is -1.52. The van der Waals surface area contributed by atoms with E-state index in [-0.39, 0.29) is 0 Å². The predicted molar refractivity (Wildman–Crippen MR) is 142 cm³/mol. The minimum Gasteiger partial charge on any atom is -0.477 e. The molecule has 0 radical (unpaired) electrons. The Kier molecular flexibility index (Phi) is 12.8. The Labute approximate surface area is 257 Å². The largest absolute Gasteiger partial charge is 0.477 e. The van der Waals surface area contributed by atoms with Crippen LogP contribution in [0, 0.1) is 0 Å². The molecule has 0 aromatic heterocycles. The van der Waals surface area contributed by atoms with E-state index in [0.29, 0.717) is 0 Å². The first-order valence-corrected chi connectivity index (χ1v) is 14.4. The Hall–Kier alpha value is -0.930. The van der Waals surface area contributed by atoms with Gasteiger partial charge in [0.15, 0.2) is 6.29 Å². The maximum Gasteiger partial charge on any atom is 0.364 e. The average molecular weight is 743 g/mol. The lowest BCUT2D eigenvalue weighted by Gasteiger charge is -2.50. The Morgan fingerprint density at radius 1 is 0.953 bits per heavy atom. The van der Waals surface area contributed by atoms with Crippen molar-refractivity contribution in [3.8, 4) is 0 Å². The van der Waals surface area contributed by atoms with Gasteiger partial charge < -0.3 is 85.2 Å². The summed E-state index contributed by atoms with van der Waals surface area (Å²) in [6.45, 7) is -1.63. The third-order valence-electron chi connectivity index (χ3n) is 7.43. The average Bonchev–Trinajstić information content (AvgIpc) is 2.96. The van der Waals surface area contributed by atoms with E-state index >= 15 is 0 Å². The zero-order valence-electron chi connectivity index (χ0n) is 22.6. The number of ether oxygens (including phenoxy) is 5. The fourth-order valence-electron chi connectivity index (χ4n) is 5.14. The van der Waals surface area contributed by atoms with E-state index in [2.05, 4.69) is 5.32 Å². The molecule has 16 atom stereocenters. The highest BCUT2D eigenvalue weighted by molar-refractivity contribution is 14.1. The third-order valence-corrected chi connectivity index (χ3v) is 8.46. The topological polar surface area (TPSA) is 315 Å². The summed E-state index contributed by atoms with van der Waals surface area (Å²) in [7, 11) is 0. The maximum atomic E-state index is 12.6. The number of carboxylic acid groups (broad SMARTS) is 1. The number of amides is 1. The zero-order valence-corrected chi connectivity index (χ0v) is 24.8. The van der Waals surface area contributed by atoms with E-state index in [0.717, 1.165) is 6.92 Å². The van der Waals surface area contributed by atoms with Crippen molar-refractivity contribution in [3.05, 3.63) is 0 Å². The van der Waals surface area contributed by atoms with Crippen molar-refractivity contribution in [1.82, 2.24) is 5.32 Å². The highest BCUT2D eigenvalue weighted by Gasteiger charge is 2.60. The van der Waals surface area contributed by atoms with Crippen LogP contribution in [0.15, 0.2) is 0 Å². The van der Waals surface area contributed by atoms with Crippen molar-refractivity contribution in [3.63, 3.8) is 0 Å². The van der Waals surface area contributed by atoms with Crippen LogP contribution < -0.4 is 5.32 Å². The number of rotatable bonds is 11. The van der Waals surface area contributed by atoms with Gasteiger partial charge in [0.1, 0.15) is 71.3 Å². The first-order valence-electron chi connectivity index (χ1n) is 13.2. The van der Waals surface area contributed by atoms with Crippen LogP contribution in [0.4, 0.5) is 0 Å². The normalized spacial score (nSPS) is 45.3. The summed E-state index contributed by atoms with van der Waals surface area (Å²) in [6.07, 6.45) is -24.4. The molecule has 0 saturated carbocycles. The van der Waals surface area contributed by atoms with Crippen molar-refractivity contribution in [1.29, 1.82) is 0 Å². The number of hydrogen-bond donors (Lipinski definition) is 12. The highest BCUT2D eigenvalue weighted by atomic mass is 127. The molecular formula is C23H38INO18. The van der Waals surface area contributed by atoms with Gasteiger partial charge in [0.25, 0.3) is 5.79 Å². The molecule has 19 nitrogen and oxygen atoms in total. The van der Waals surface area contributed by atoms with Gasteiger partial charge in [0.2, 0.25) is 5.91 Å². The lowest BCUT2D eigenvalue weighted by atomic mass is 9.88. The molecule has 3 aliphatic heterocycles. The van der Waals surface area contributed by atoms with E-state index in [9.17, 15) is 65.8 Å². The number of carbonyl (C=O) groups is 2. The number of nitrogens with one attached hydrogen (secondary N) is 1. The highest BCUT2D eigenvalue weighted by Crippen LogP contribution is 2.38. The molecule has 3 heterocycles. The summed E-state index contributed by atoms with van der Waals surface area (Å²) in [4.78, 5) is 24.3. The second-order valence-corrected chi connectivity index (χ2v) is 11.7. The Balaban J connectivity index is 1.94. The fourth-order valence-corrected chi connectivity index (χ4v) is 5.94. The van der Waals surface area contributed by atoms with Crippen LogP contribution in [-0.2, 0) is 33.3 Å². The fraction of sp³-hybridized carbons (Fsp3) is 0.913. The molecule has 3 saturated heterocycles. The van der Waals surface area contributed by atoms with Gasteiger partial charge >= 0.3 is 5.97 Å². The summed E-state index contributed by atoms with van der Waals surface area (Å²) in [5.74, 6) is -5.67. The van der Waals surface area contributed by atoms with Gasteiger partial charge in [-0.25, -0.2) is 4.79 Å². The molecule has 250 valence electrons. The minimum absolute atomic E-state index is 0.713. The van der Waals surface area contributed by atoms with Crippen LogP contribution >= 0.6 is 22.6 Å². The number of aliphatic carboxylic acids is 1. The van der Waals surface area contributed by atoms with Crippen LogP contribution in [0.25, 0.3) is 0 Å². The maximum absolute atomic E-state index is 12.6. The van der Waals surface area contributed by atoms with Crippen LogP contribution in [0.5, 0.6) is 0 Å². The molecule has 0 aliphatic carbocycles. The first kappa shape index (κ1) is 36.5. The molecule has 0 spiro atoms. The number of halogens is 1. The molecule has 0 bridgehead atoms. The molecule has 1 amide bonds. The monoisotopic (exact) mass is 743 g/mol. The van der Waals surface area contributed by atoms with Crippen molar-refractivity contribution >= 4 is 34.5 Å². The van der Waals surface area contributed by atoms with Crippen LogP contribution in [0.2, 0.25) is 0 Å². The second-order valence-electron chi connectivity index (χ2n) is 10.5. The zero-order chi connectivity index (χ0) is 32.4. The molecule has 12 N–H and O–H groups in total. The SMILES string of the molecule is CC(=O)NC1C(O)CC(OC2C(O)[C@@H](O[C@H]3C(CO)O[C@H](I)C(O)C3O)OC(CO)[C@H]2O)(C(=O)O)O[C@@H]1[C@@H](O)[C@@H](O)CO. The number of alkyl halides is 1. The molecule has 3 fully saturated rings. The Bertz CT molecular complexity index is 948. The van der Waals surface area contributed by atoms with Gasteiger partial charge in [-0.3, -0.25) is 4.79 Å². The molecule has 0 aromatic rings. The summed E-state index contributed by atoms with van der Waals surface area (Å²) in [5, 5.41) is 115. The molecule has 43 heavy (non-hydrogen) atoms. The number of aliphatic hydroxyl groups excluding tert-OH is 10. The van der Waals surface area contributed by atoms with Crippen molar-refractivity contribution in [2.45, 2.75) is 109 Å². The quantitative estimate of drug-likeness (QED) is 0.0691. The number of hydrogen-bond acceptors (Lipinski definition) is 17. The van der Waals surface area contributed by atoms with Gasteiger partial charge in [0, 0.05) is 13.3 Å². The Morgan fingerprint density at radius 3 is 2.12 bits per heavy atom. The van der Waals surface area contributed by atoms with E-state index in [1.54, 1.807) is 22.6 Å². The van der Waals surface area contributed by atoms with E-state index in [1.165, 1.54) is 0 Å². The smallest absolute Gasteiger partial charge is 0.364 e. The van der Waals surface area contributed by atoms with Crippen LogP contribution in [-0.4, -0.2) is 183 Å². The lowest BCUT2D eigenvalue weighted by molar-refractivity contribution is -0.380. The lowest BCUT2D eigenvalue weighted by Crippen LogP contribution is -2.70. The van der Waals surface area contributed by atoms with Crippen molar-refractivity contribution in [2.75, 3.05) is 19.8 Å². The van der Waals surface area contributed by atoms with Crippen molar-refractivity contribution in [2.24, 2.45) is 0 Å². The molecule has 9 unspecified atom stereocenters.